The molecule has 1 N–H and O–H groups in total. The standard InChI is InChI=1S/C13H9N2O2/c16-9-15-12-5-3-10(4-6-12)13(17)11-2-1-7-14-8-11/h1-8H,(H,15,16). The van der Waals surface area contributed by atoms with Gasteiger partial charge in [-0.2, -0.15) is 0 Å². The second-order valence-corrected chi connectivity index (χ2v) is 3.38. The van der Waals surface area contributed by atoms with Crippen molar-refractivity contribution in [1.29, 1.82) is 0 Å². The van der Waals surface area contributed by atoms with Gasteiger partial charge in [0.1, 0.15) is 0 Å². The minimum Gasteiger partial charge on any atom is -0.318 e. The Bertz CT molecular complexity index is 521. The Morgan fingerprint density at radius 3 is 2.47 bits per heavy atom. The number of benzene rings is 1. The summed E-state index contributed by atoms with van der Waals surface area (Å²) in [5, 5.41) is 2.38. The first-order valence-electron chi connectivity index (χ1n) is 4.99. The highest BCUT2D eigenvalue weighted by molar-refractivity contribution is 6.08. The van der Waals surface area contributed by atoms with Gasteiger partial charge >= 0.3 is 6.41 Å². The molecule has 1 heterocycles. The second kappa shape index (κ2) is 5.03. The number of carbonyl (C=O) groups is 1. The molecule has 0 fully saturated rings. The fourth-order valence-corrected chi connectivity index (χ4v) is 1.43. The molecule has 83 valence electrons. The minimum absolute atomic E-state index is 0.0975. The van der Waals surface area contributed by atoms with Gasteiger partial charge in [0.05, 0.1) is 0 Å². The zero-order valence-corrected chi connectivity index (χ0v) is 8.88. The van der Waals surface area contributed by atoms with Crippen LogP contribution in [0.15, 0.2) is 48.8 Å². The smallest absolute Gasteiger partial charge is 0.314 e. The van der Waals surface area contributed by atoms with Gasteiger partial charge in [-0.25, -0.2) is 0 Å². The highest BCUT2D eigenvalue weighted by Gasteiger charge is 2.08. The molecule has 0 aliphatic heterocycles. The van der Waals surface area contributed by atoms with E-state index in [0.717, 1.165) is 0 Å². The van der Waals surface area contributed by atoms with Crippen molar-refractivity contribution in [3.8, 4) is 0 Å². The lowest BCUT2D eigenvalue weighted by molar-refractivity contribution is 0.103. The van der Waals surface area contributed by atoms with Crippen molar-refractivity contribution in [2.24, 2.45) is 0 Å². The number of amides is 1. The van der Waals surface area contributed by atoms with Crippen LogP contribution in [0.3, 0.4) is 0 Å². The van der Waals surface area contributed by atoms with E-state index in [9.17, 15) is 9.59 Å². The average Bonchev–Trinajstić information content (AvgIpc) is 2.40. The summed E-state index contributed by atoms with van der Waals surface area (Å²) < 4.78 is 0. The van der Waals surface area contributed by atoms with Crippen molar-refractivity contribution in [1.82, 2.24) is 4.98 Å². The van der Waals surface area contributed by atoms with Crippen LogP contribution in [0.25, 0.3) is 0 Å². The van der Waals surface area contributed by atoms with Gasteiger partial charge in [-0.05, 0) is 36.4 Å². The van der Waals surface area contributed by atoms with E-state index in [4.69, 9.17) is 0 Å². The average molecular weight is 225 g/mol. The summed E-state index contributed by atoms with van der Waals surface area (Å²) in [5.41, 5.74) is 1.69. The zero-order chi connectivity index (χ0) is 12.1. The van der Waals surface area contributed by atoms with Gasteiger partial charge < -0.3 is 5.32 Å². The van der Waals surface area contributed by atoms with Crippen LogP contribution in [0.5, 0.6) is 0 Å². The topological polar surface area (TPSA) is 59.1 Å². The first kappa shape index (κ1) is 11.0. The number of carbonyl (C=O) groups excluding carboxylic acids is 2. The number of ketones is 1. The molecule has 0 bridgehead atoms. The lowest BCUT2D eigenvalue weighted by Gasteiger charge is -2.02. The molecule has 1 aromatic heterocycles. The molecule has 0 atom stereocenters. The number of nitrogens with one attached hydrogen (secondary N) is 1. The largest absolute Gasteiger partial charge is 0.318 e. The summed E-state index contributed by atoms with van der Waals surface area (Å²) in [7, 11) is 0. The number of pyridine rings is 1. The summed E-state index contributed by atoms with van der Waals surface area (Å²) in [4.78, 5) is 26.0. The number of anilines is 1. The van der Waals surface area contributed by atoms with E-state index in [-0.39, 0.29) is 5.78 Å². The molecular weight excluding hydrogens is 216 g/mol. The number of hydrogen-bond donors (Lipinski definition) is 1. The Hall–Kier alpha value is -2.49. The van der Waals surface area contributed by atoms with E-state index in [1.165, 1.54) is 6.20 Å². The first-order valence-corrected chi connectivity index (χ1v) is 4.99. The highest BCUT2D eigenvalue weighted by atomic mass is 16.1. The van der Waals surface area contributed by atoms with E-state index in [1.54, 1.807) is 49.0 Å². The van der Waals surface area contributed by atoms with Crippen LogP contribution in [-0.2, 0) is 4.79 Å². The van der Waals surface area contributed by atoms with E-state index in [0.29, 0.717) is 16.8 Å². The van der Waals surface area contributed by atoms with Gasteiger partial charge in [0.2, 0.25) is 0 Å². The van der Waals surface area contributed by atoms with Crippen LogP contribution >= 0.6 is 0 Å². The third kappa shape index (κ3) is 2.55. The summed E-state index contributed by atoms with van der Waals surface area (Å²) >= 11 is 0. The molecule has 4 heteroatoms. The van der Waals surface area contributed by atoms with E-state index >= 15 is 0 Å². The molecule has 1 aromatic carbocycles. The van der Waals surface area contributed by atoms with E-state index in [2.05, 4.69) is 10.3 Å². The quantitative estimate of drug-likeness (QED) is 0.637. The molecule has 0 aliphatic carbocycles. The lowest BCUT2D eigenvalue weighted by Crippen LogP contribution is -2.02. The summed E-state index contributed by atoms with van der Waals surface area (Å²) in [6.45, 7) is 0. The summed E-state index contributed by atoms with van der Waals surface area (Å²) in [5.74, 6) is -0.0975. The van der Waals surface area contributed by atoms with E-state index < -0.39 is 0 Å². The van der Waals surface area contributed by atoms with Crippen molar-refractivity contribution >= 4 is 17.9 Å². The summed E-state index contributed by atoms with van der Waals surface area (Å²) in [6.07, 6.45) is 4.71. The second-order valence-electron chi connectivity index (χ2n) is 3.38. The third-order valence-corrected chi connectivity index (χ3v) is 2.27. The van der Waals surface area contributed by atoms with Crippen molar-refractivity contribution in [3.05, 3.63) is 59.9 Å². The van der Waals surface area contributed by atoms with Crippen LogP contribution in [0.1, 0.15) is 15.9 Å². The molecule has 2 aromatic rings. The molecule has 0 aliphatic rings. The number of rotatable bonds is 4. The number of nitrogens with zero attached hydrogens (tertiary/aromatic N) is 1. The first-order chi connectivity index (χ1) is 8.31. The Kier molecular flexibility index (Phi) is 3.25. The molecular formula is C13H9N2O2. The molecule has 0 spiro atoms. The predicted molar refractivity (Wildman–Crippen MR) is 63.4 cm³/mol. The molecule has 4 nitrogen and oxygen atoms in total. The van der Waals surface area contributed by atoms with Crippen LogP contribution in [0.4, 0.5) is 5.69 Å². The number of hydrogen-bond acceptors (Lipinski definition) is 3. The number of aromatic nitrogens is 1. The molecule has 0 unspecified atom stereocenters. The highest BCUT2D eigenvalue weighted by Crippen LogP contribution is 2.12. The van der Waals surface area contributed by atoms with Crippen molar-refractivity contribution in [2.75, 3.05) is 5.32 Å². The van der Waals surface area contributed by atoms with Crippen molar-refractivity contribution in [2.45, 2.75) is 0 Å². The van der Waals surface area contributed by atoms with Crippen LogP contribution in [-0.4, -0.2) is 17.2 Å². The van der Waals surface area contributed by atoms with Gasteiger partial charge in [-0.1, -0.05) is 0 Å². The Labute approximate surface area is 98.3 Å². The summed E-state index contributed by atoms with van der Waals surface area (Å²) in [6, 6.07) is 10.0. The molecule has 1 radical (unpaired) electrons. The predicted octanol–water partition coefficient (Wildman–Crippen LogP) is 1.79. The maximum Gasteiger partial charge on any atom is 0.314 e. The van der Waals surface area contributed by atoms with Crippen LogP contribution < -0.4 is 5.32 Å². The van der Waals surface area contributed by atoms with Gasteiger partial charge in [0.15, 0.2) is 5.78 Å². The zero-order valence-electron chi connectivity index (χ0n) is 8.88. The fraction of sp³-hybridized carbons (Fsp3) is 0. The van der Waals surface area contributed by atoms with Gasteiger partial charge in [0, 0.05) is 29.2 Å². The molecule has 1 amide bonds. The monoisotopic (exact) mass is 225 g/mol. The van der Waals surface area contributed by atoms with Gasteiger partial charge in [-0.3, -0.25) is 14.6 Å². The van der Waals surface area contributed by atoms with Crippen molar-refractivity contribution in [3.63, 3.8) is 0 Å². The molecule has 2 rings (SSSR count). The molecule has 0 saturated carbocycles. The Balaban J connectivity index is 2.23. The maximum absolute atomic E-state index is 12.0. The van der Waals surface area contributed by atoms with Gasteiger partial charge in [0.25, 0.3) is 0 Å². The fourth-order valence-electron chi connectivity index (χ4n) is 1.43. The Morgan fingerprint density at radius 1 is 1.12 bits per heavy atom. The van der Waals surface area contributed by atoms with Gasteiger partial charge in [-0.15, -0.1) is 0 Å². The van der Waals surface area contributed by atoms with Crippen LogP contribution in [0, 0.1) is 0 Å². The molecule has 17 heavy (non-hydrogen) atoms. The van der Waals surface area contributed by atoms with Crippen LogP contribution in [0.2, 0.25) is 0 Å². The third-order valence-electron chi connectivity index (χ3n) is 2.27. The SMILES string of the molecule is O=[C]Nc1ccc(C(=O)c2cccnc2)cc1. The Morgan fingerprint density at radius 2 is 1.88 bits per heavy atom. The normalized spacial score (nSPS) is 9.65. The maximum atomic E-state index is 12.0. The minimum atomic E-state index is -0.0975. The van der Waals surface area contributed by atoms with E-state index in [1.807, 2.05) is 0 Å². The molecule has 0 saturated heterocycles. The lowest BCUT2D eigenvalue weighted by atomic mass is 10.0. The van der Waals surface area contributed by atoms with Crippen molar-refractivity contribution < 1.29 is 9.59 Å².